The molecule has 0 saturated carbocycles. The highest BCUT2D eigenvalue weighted by Crippen LogP contribution is 2.32. The molecule has 5 nitrogen and oxygen atoms in total. The maximum Gasteiger partial charge on any atom is 0.305 e. The van der Waals surface area contributed by atoms with E-state index in [1.807, 2.05) is 0 Å². The molecule has 0 amide bonds. The number of carbonyl (C=O) groups excluding carboxylic acids is 2. The fourth-order valence-electron chi connectivity index (χ4n) is 4.60. The van der Waals surface area contributed by atoms with Gasteiger partial charge in [-0.2, -0.15) is 0 Å². The van der Waals surface area contributed by atoms with Crippen LogP contribution < -0.4 is 0 Å². The summed E-state index contributed by atoms with van der Waals surface area (Å²) in [6, 6.07) is 0. The molecule has 1 aliphatic rings. The highest BCUT2D eigenvalue weighted by Gasteiger charge is 2.36. The van der Waals surface area contributed by atoms with E-state index < -0.39 is 0 Å². The second-order valence-electron chi connectivity index (χ2n) is 9.81. The lowest BCUT2D eigenvalue weighted by atomic mass is 10.0. The first kappa shape index (κ1) is 29.9. The van der Waals surface area contributed by atoms with Gasteiger partial charge in [-0.05, 0) is 25.7 Å². The van der Waals surface area contributed by atoms with Gasteiger partial charge in [0.2, 0.25) is 0 Å². The Bertz CT molecular complexity index is 437. The highest BCUT2D eigenvalue weighted by molar-refractivity contribution is 5.69. The standard InChI is InChI=1S/C28H52O5/c1-31-27(29)23-19-15-11-7-3-5-9-13-17-21-25-26(33-25)22-18-14-10-6-4-8-12-16-20-24-28(30)32-2/h25-26H,3-24H2,1-2H3. The Hall–Kier alpha value is -1.10. The Balaban J connectivity index is 1.72. The summed E-state index contributed by atoms with van der Waals surface area (Å²) in [4.78, 5) is 22.1. The van der Waals surface area contributed by atoms with Gasteiger partial charge in [-0.3, -0.25) is 9.59 Å². The fraction of sp³-hybridized carbons (Fsp3) is 0.929. The molecule has 33 heavy (non-hydrogen) atoms. The molecule has 194 valence electrons. The molecular weight excluding hydrogens is 416 g/mol. The highest BCUT2D eigenvalue weighted by atomic mass is 16.6. The topological polar surface area (TPSA) is 65.1 Å². The van der Waals surface area contributed by atoms with Gasteiger partial charge in [0.15, 0.2) is 0 Å². The Labute approximate surface area is 203 Å². The molecule has 1 aliphatic heterocycles. The number of ether oxygens (including phenoxy) is 3. The van der Waals surface area contributed by atoms with E-state index in [1.54, 1.807) is 0 Å². The third-order valence-corrected chi connectivity index (χ3v) is 6.88. The van der Waals surface area contributed by atoms with E-state index >= 15 is 0 Å². The van der Waals surface area contributed by atoms with Crippen molar-refractivity contribution in [3.05, 3.63) is 0 Å². The van der Waals surface area contributed by atoms with Crippen LogP contribution >= 0.6 is 0 Å². The molecule has 1 rings (SSSR count). The van der Waals surface area contributed by atoms with Crippen molar-refractivity contribution in [1.82, 2.24) is 0 Å². The van der Waals surface area contributed by atoms with E-state index in [0.717, 1.165) is 25.7 Å². The summed E-state index contributed by atoms with van der Waals surface area (Å²) in [5.74, 6) is -0.158. The first-order valence-corrected chi connectivity index (χ1v) is 14.0. The first-order chi connectivity index (χ1) is 16.2. The van der Waals surface area contributed by atoms with Crippen LogP contribution in [-0.4, -0.2) is 38.4 Å². The zero-order chi connectivity index (χ0) is 24.0. The molecule has 0 bridgehead atoms. The van der Waals surface area contributed by atoms with Gasteiger partial charge in [-0.1, -0.05) is 103 Å². The van der Waals surface area contributed by atoms with Crippen LogP contribution in [0.5, 0.6) is 0 Å². The van der Waals surface area contributed by atoms with Crippen LogP contribution in [-0.2, 0) is 23.8 Å². The van der Waals surface area contributed by atoms with E-state index in [4.69, 9.17) is 4.74 Å². The van der Waals surface area contributed by atoms with E-state index in [1.165, 1.54) is 117 Å². The zero-order valence-electron chi connectivity index (χ0n) is 21.8. The van der Waals surface area contributed by atoms with Crippen molar-refractivity contribution >= 4 is 11.9 Å². The van der Waals surface area contributed by atoms with Crippen LogP contribution in [0.3, 0.4) is 0 Å². The number of rotatable bonds is 24. The SMILES string of the molecule is COC(=O)CCCCCCCCCCCC1OC1CCCCCCCCCCCC(=O)OC. The van der Waals surface area contributed by atoms with Crippen LogP contribution in [0.25, 0.3) is 0 Å². The minimum Gasteiger partial charge on any atom is -0.469 e. The molecule has 5 heteroatoms. The maximum absolute atomic E-state index is 11.0. The summed E-state index contributed by atoms with van der Waals surface area (Å²) in [7, 11) is 2.92. The number of carbonyl (C=O) groups is 2. The fourth-order valence-corrected chi connectivity index (χ4v) is 4.60. The number of hydrogen-bond acceptors (Lipinski definition) is 5. The van der Waals surface area contributed by atoms with Crippen molar-refractivity contribution in [2.45, 2.75) is 153 Å². The van der Waals surface area contributed by atoms with Crippen LogP contribution in [0.2, 0.25) is 0 Å². The molecule has 0 aromatic heterocycles. The van der Waals surface area contributed by atoms with E-state index in [0.29, 0.717) is 25.0 Å². The lowest BCUT2D eigenvalue weighted by Crippen LogP contribution is -1.99. The van der Waals surface area contributed by atoms with Crippen LogP contribution in [0, 0.1) is 0 Å². The Kier molecular flexibility index (Phi) is 19.4. The van der Waals surface area contributed by atoms with Gasteiger partial charge in [0.1, 0.15) is 0 Å². The molecule has 1 saturated heterocycles. The molecule has 1 heterocycles. The summed E-state index contributed by atoms with van der Waals surface area (Å²) < 4.78 is 15.2. The predicted octanol–water partition coefficient (Wildman–Crippen LogP) is 7.68. The van der Waals surface area contributed by atoms with Gasteiger partial charge in [0.05, 0.1) is 26.4 Å². The number of epoxide rings is 1. The number of unbranched alkanes of at least 4 members (excludes halogenated alkanes) is 16. The molecule has 2 unspecified atom stereocenters. The van der Waals surface area contributed by atoms with Gasteiger partial charge in [-0.15, -0.1) is 0 Å². The maximum atomic E-state index is 11.0. The number of hydrogen-bond donors (Lipinski definition) is 0. The number of esters is 2. The lowest BCUT2D eigenvalue weighted by Gasteiger charge is -2.03. The molecule has 0 aromatic carbocycles. The average Bonchev–Trinajstić information content (AvgIpc) is 3.58. The second kappa shape index (κ2) is 21.4. The van der Waals surface area contributed by atoms with Crippen molar-refractivity contribution in [1.29, 1.82) is 0 Å². The Morgan fingerprint density at radius 3 is 1.06 bits per heavy atom. The third-order valence-electron chi connectivity index (χ3n) is 6.88. The average molecular weight is 469 g/mol. The van der Waals surface area contributed by atoms with Crippen molar-refractivity contribution in [3.63, 3.8) is 0 Å². The largest absolute Gasteiger partial charge is 0.469 e. The van der Waals surface area contributed by atoms with Gasteiger partial charge in [0, 0.05) is 12.8 Å². The van der Waals surface area contributed by atoms with Crippen molar-refractivity contribution in [2.24, 2.45) is 0 Å². The summed E-state index contributed by atoms with van der Waals surface area (Å²) in [5.41, 5.74) is 0. The molecule has 0 aliphatic carbocycles. The minimum atomic E-state index is -0.0789. The lowest BCUT2D eigenvalue weighted by molar-refractivity contribution is -0.141. The number of methoxy groups -OCH3 is 2. The van der Waals surface area contributed by atoms with Gasteiger partial charge in [-0.25, -0.2) is 0 Å². The molecule has 0 aromatic rings. The molecule has 1 fully saturated rings. The van der Waals surface area contributed by atoms with Crippen molar-refractivity contribution in [3.8, 4) is 0 Å². The normalized spacial score (nSPS) is 17.2. The molecular formula is C28H52O5. The summed E-state index contributed by atoms with van der Waals surface area (Å²) in [6.45, 7) is 0. The Morgan fingerprint density at radius 1 is 0.485 bits per heavy atom. The second-order valence-corrected chi connectivity index (χ2v) is 9.81. The van der Waals surface area contributed by atoms with Crippen LogP contribution in [0.4, 0.5) is 0 Å². The van der Waals surface area contributed by atoms with Crippen LogP contribution in [0.15, 0.2) is 0 Å². The van der Waals surface area contributed by atoms with Gasteiger partial charge < -0.3 is 14.2 Å². The quantitative estimate of drug-likeness (QED) is 0.0825. The summed E-state index contributed by atoms with van der Waals surface area (Å²) in [5, 5.41) is 0. The minimum absolute atomic E-state index is 0.0789. The van der Waals surface area contributed by atoms with Crippen molar-refractivity contribution in [2.75, 3.05) is 14.2 Å². The first-order valence-electron chi connectivity index (χ1n) is 14.0. The van der Waals surface area contributed by atoms with E-state index in [2.05, 4.69) is 9.47 Å². The van der Waals surface area contributed by atoms with E-state index in [9.17, 15) is 9.59 Å². The van der Waals surface area contributed by atoms with Crippen molar-refractivity contribution < 1.29 is 23.8 Å². The van der Waals surface area contributed by atoms with Gasteiger partial charge in [0.25, 0.3) is 0 Å². The molecule has 0 N–H and O–H groups in total. The zero-order valence-corrected chi connectivity index (χ0v) is 21.8. The third kappa shape index (κ3) is 19.0. The monoisotopic (exact) mass is 468 g/mol. The molecule has 0 radical (unpaired) electrons. The predicted molar refractivity (Wildman–Crippen MR) is 134 cm³/mol. The molecule has 2 atom stereocenters. The van der Waals surface area contributed by atoms with E-state index in [-0.39, 0.29) is 11.9 Å². The van der Waals surface area contributed by atoms with Crippen LogP contribution in [0.1, 0.15) is 141 Å². The van der Waals surface area contributed by atoms with Gasteiger partial charge >= 0.3 is 11.9 Å². The molecule has 0 spiro atoms. The summed E-state index contributed by atoms with van der Waals surface area (Å²) in [6.07, 6.45) is 27.5. The Morgan fingerprint density at radius 2 is 0.758 bits per heavy atom. The smallest absolute Gasteiger partial charge is 0.305 e. The summed E-state index contributed by atoms with van der Waals surface area (Å²) >= 11 is 0.